The van der Waals surface area contributed by atoms with Gasteiger partial charge in [0.05, 0.1) is 9.79 Å². The molecule has 0 saturated heterocycles. The third-order valence-electron chi connectivity index (χ3n) is 12.2. The molecule has 320 valence electrons. The van der Waals surface area contributed by atoms with Crippen molar-refractivity contribution >= 4 is 49.4 Å². The molecular formula is C50H50Cl2O6S2Zr2. The van der Waals surface area contributed by atoms with Gasteiger partial charge in [0.2, 0.25) is 0 Å². The van der Waals surface area contributed by atoms with Crippen molar-refractivity contribution in [3.63, 3.8) is 0 Å². The zero-order valence-corrected chi connectivity index (χ0v) is 42.9. The van der Waals surface area contributed by atoms with E-state index in [0.29, 0.717) is 7.25 Å². The van der Waals surface area contributed by atoms with Gasteiger partial charge in [0.25, 0.3) is 0 Å². The Morgan fingerprint density at radius 3 is 1.27 bits per heavy atom. The van der Waals surface area contributed by atoms with Crippen LogP contribution in [-0.2, 0) is 61.4 Å². The van der Waals surface area contributed by atoms with Crippen LogP contribution in [0.2, 0.25) is 7.25 Å². The van der Waals surface area contributed by atoms with E-state index in [4.69, 9.17) is 17.0 Å². The van der Waals surface area contributed by atoms with Crippen LogP contribution >= 0.6 is 17.0 Å². The van der Waals surface area contributed by atoms with Crippen LogP contribution in [0.4, 0.5) is 0 Å². The maximum atomic E-state index is 10.4. The number of benzene rings is 4. The van der Waals surface area contributed by atoms with Crippen molar-refractivity contribution in [2.24, 2.45) is 0 Å². The molecule has 0 saturated carbocycles. The van der Waals surface area contributed by atoms with Crippen LogP contribution < -0.4 is 0 Å². The normalized spacial score (nSPS) is 21.6. The van der Waals surface area contributed by atoms with Gasteiger partial charge >= 0.3 is 266 Å². The Morgan fingerprint density at radius 2 is 0.887 bits per heavy atom. The molecule has 62 heavy (non-hydrogen) atoms. The van der Waals surface area contributed by atoms with Gasteiger partial charge in [-0.05, 0) is 38.1 Å². The summed E-state index contributed by atoms with van der Waals surface area (Å²) in [4.78, 5) is -0.355. The van der Waals surface area contributed by atoms with Crippen molar-refractivity contribution in [2.45, 2.75) is 89.5 Å². The van der Waals surface area contributed by atoms with E-state index in [0.717, 1.165) is 18.4 Å². The van der Waals surface area contributed by atoms with E-state index in [1.165, 1.54) is 86.8 Å². The Balaban J connectivity index is 0.000000130. The molecule has 12 heteroatoms. The molecule has 6 aliphatic carbocycles. The molecular weight excluding hydrogens is 1010 g/mol. The second-order valence-corrected chi connectivity index (χ2v) is 38.1. The number of allylic oxidation sites excluding steroid dienone is 10. The van der Waals surface area contributed by atoms with Gasteiger partial charge < -0.3 is 9.11 Å². The van der Waals surface area contributed by atoms with Gasteiger partial charge in [0, 0.05) is 0 Å². The van der Waals surface area contributed by atoms with Gasteiger partial charge in [-0.2, -0.15) is 0 Å². The molecule has 4 atom stereocenters. The molecule has 0 bridgehead atoms. The molecule has 4 aromatic carbocycles. The summed E-state index contributed by atoms with van der Waals surface area (Å²) >= 11 is -3.80. The zero-order valence-electron chi connectivity index (χ0n) is 34.8. The summed E-state index contributed by atoms with van der Waals surface area (Å²) in [6, 6.07) is 29.3. The van der Waals surface area contributed by atoms with Gasteiger partial charge in [0.1, 0.15) is 20.2 Å². The number of fused-ring (bicyclic) bond motifs is 2. The summed E-state index contributed by atoms with van der Waals surface area (Å²) in [5.74, 6) is 0. The molecule has 0 spiro atoms. The van der Waals surface area contributed by atoms with Crippen molar-refractivity contribution in [1.82, 2.24) is 0 Å². The standard InChI is InChI=1S/2C9H11.2C9H7.2C7H8O3S.2ClH.2Zr/c4*1-2-5-9-7-3-6-8(9)4-1;2*1-6-2-4-7(5-3-6)11(8,9)10;;;;/h2*3,6-7H,1-2,4-5H2;2*1-7H;2*2-5H,1H3,(H,8,9,10);2*1H;;/q;;;;;;;;2*+2/p-4. The van der Waals surface area contributed by atoms with Gasteiger partial charge in [-0.25, -0.2) is 16.8 Å². The first-order valence-corrected chi connectivity index (χ1v) is 36.0. The fourth-order valence-electron chi connectivity index (χ4n) is 8.96. The Hall–Kier alpha value is -2.51. The van der Waals surface area contributed by atoms with Crippen LogP contribution in [0.1, 0.15) is 92.0 Å². The monoisotopic (exact) mass is 1060 g/mol. The van der Waals surface area contributed by atoms with Gasteiger partial charge in [-0.15, -0.1) is 0 Å². The topological polar surface area (TPSA) is 114 Å². The average Bonchev–Trinajstić information content (AvgIpc) is 4.07. The molecule has 0 N–H and O–H groups in total. The first-order valence-electron chi connectivity index (χ1n) is 21.1. The summed E-state index contributed by atoms with van der Waals surface area (Å²) in [7, 11) is 5.85. The Morgan fingerprint density at radius 1 is 0.516 bits per heavy atom. The first-order chi connectivity index (χ1) is 29.6. The quantitative estimate of drug-likeness (QED) is 0.178. The Labute approximate surface area is 391 Å². The third-order valence-corrected chi connectivity index (χ3v) is 30.5. The first kappa shape index (κ1) is 47.4. The predicted molar refractivity (Wildman–Crippen MR) is 243 cm³/mol. The fraction of sp³-hybridized carbons (Fsp3) is 0.280. The average molecular weight is 1060 g/mol. The van der Waals surface area contributed by atoms with Crippen molar-refractivity contribution in [2.75, 3.05) is 0 Å². The summed E-state index contributed by atoms with van der Waals surface area (Å²) < 4.78 is 64.6. The van der Waals surface area contributed by atoms with Crippen molar-refractivity contribution < 1.29 is 67.1 Å². The number of hydrogen-bond acceptors (Lipinski definition) is 6. The fourth-order valence-corrected chi connectivity index (χ4v) is 25.5. The van der Waals surface area contributed by atoms with E-state index in [9.17, 15) is 25.9 Å². The molecule has 0 heterocycles. The number of rotatable bonds is 6. The molecule has 0 fully saturated rings. The second-order valence-electron chi connectivity index (χ2n) is 16.5. The predicted octanol–water partition coefficient (Wildman–Crippen LogP) is 13.3. The van der Waals surface area contributed by atoms with Crippen LogP contribution in [-0.4, -0.2) is 25.9 Å². The van der Waals surface area contributed by atoms with Crippen molar-refractivity contribution in [1.29, 1.82) is 0 Å². The minimum atomic E-state index is -4.27. The SMILES string of the molecule is C1=C[CH]([Zr+2][CH]2C=Cc3ccccc32)c2ccccc21.Cc1ccc(S(=O)(=O)[O-])cc1.Cc1ccc(S(=O)(=O)[O-])cc1.[Cl][Zr]([Cl])([CH]1C=CC2=C1CCCC2)[CH]1C=CC2=C1CCCC2. The summed E-state index contributed by atoms with van der Waals surface area (Å²) in [5, 5.41) is 0. The van der Waals surface area contributed by atoms with E-state index >= 15 is 0 Å². The molecule has 10 rings (SSSR count). The Kier molecular flexibility index (Phi) is 15.9. The van der Waals surface area contributed by atoms with Crippen LogP contribution in [0.15, 0.2) is 166 Å². The van der Waals surface area contributed by atoms with E-state index in [1.807, 2.05) is 13.8 Å². The zero-order chi connectivity index (χ0) is 44.1. The van der Waals surface area contributed by atoms with Crippen LogP contribution in [0.25, 0.3) is 12.2 Å². The van der Waals surface area contributed by atoms with Crippen LogP contribution in [0.5, 0.6) is 0 Å². The molecule has 6 nitrogen and oxygen atoms in total. The molecule has 4 aromatic rings. The number of halogens is 2. The molecule has 0 radical (unpaired) electrons. The van der Waals surface area contributed by atoms with Gasteiger partial charge in [0.15, 0.2) is 0 Å². The number of hydrogen-bond donors (Lipinski definition) is 0. The summed E-state index contributed by atoms with van der Waals surface area (Å²) in [6.07, 6.45) is 29.1. The van der Waals surface area contributed by atoms with Crippen LogP contribution in [0, 0.1) is 13.8 Å². The summed E-state index contributed by atoms with van der Waals surface area (Å²) in [5.41, 5.74) is 14.2. The summed E-state index contributed by atoms with van der Waals surface area (Å²) in [6.45, 7) is 3.64. The number of aryl methyl sites for hydroxylation is 2. The second kappa shape index (κ2) is 20.8. The van der Waals surface area contributed by atoms with Gasteiger partial charge in [-0.1, -0.05) is 35.4 Å². The van der Waals surface area contributed by atoms with E-state index < -0.39 is 61.4 Å². The van der Waals surface area contributed by atoms with Crippen LogP contribution in [0.3, 0.4) is 0 Å². The molecule has 0 aliphatic heterocycles. The van der Waals surface area contributed by atoms with Gasteiger partial charge in [-0.3, -0.25) is 0 Å². The van der Waals surface area contributed by atoms with E-state index in [-0.39, 0.29) is 9.79 Å². The Bertz CT molecular complexity index is 2500. The van der Waals surface area contributed by atoms with E-state index in [1.54, 1.807) is 57.7 Å². The molecule has 0 aromatic heterocycles. The molecule has 6 aliphatic rings. The minimum absolute atomic E-state index is 0.178. The molecule has 4 unspecified atom stereocenters. The third kappa shape index (κ3) is 11.6. The van der Waals surface area contributed by atoms with Crippen molar-refractivity contribution in [3.05, 3.63) is 189 Å². The maximum absolute atomic E-state index is 10.4. The molecule has 0 amide bonds. The van der Waals surface area contributed by atoms with E-state index in [2.05, 4.69) is 97.1 Å². The van der Waals surface area contributed by atoms with Crippen molar-refractivity contribution in [3.8, 4) is 0 Å².